The van der Waals surface area contributed by atoms with E-state index in [1.807, 2.05) is 0 Å². The van der Waals surface area contributed by atoms with E-state index in [1.54, 1.807) is 0 Å². The van der Waals surface area contributed by atoms with Crippen LogP contribution in [0.4, 0.5) is 8.78 Å². The Bertz CT molecular complexity index is 643. The van der Waals surface area contributed by atoms with Crippen LogP contribution in [-0.2, 0) is 6.42 Å². The second-order valence-electron chi connectivity index (χ2n) is 3.94. The lowest BCUT2D eigenvalue weighted by molar-refractivity contribution is 0.0992. The molecule has 0 heterocycles. The fraction of sp³-hybridized carbons (Fsp3) is 0.0714. The first-order chi connectivity index (χ1) is 8.99. The predicted molar refractivity (Wildman–Crippen MR) is 73.5 cm³/mol. The third-order valence-corrected chi connectivity index (χ3v) is 3.74. The Kier molecular flexibility index (Phi) is 4.32. The predicted octanol–water partition coefficient (Wildman–Crippen LogP) is 4.81. The Labute approximate surface area is 122 Å². The summed E-state index contributed by atoms with van der Waals surface area (Å²) in [4.78, 5) is 12.1. The largest absolute Gasteiger partial charge is 0.294 e. The summed E-state index contributed by atoms with van der Waals surface area (Å²) in [7, 11) is 0. The van der Waals surface area contributed by atoms with Gasteiger partial charge in [-0.2, -0.15) is 0 Å². The van der Waals surface area contributed by atoms with E-state index in [4.69, 9.17) is 11.6 Å². The van der Waals surface area contributed by atoms with Crippen LogP contribution in [0.1, 0.15) is 15.9 Å². The van der Waals surface area contributed by atoms with Crippen molar-refractivity contribution in [3.63, 3.8) is 0 Å². The highest BCUT2D eigenvalue weighted by molar-refractivity contribution is 9.10. The Hall–Kier alpha value is -1.26. The lowest BCUT2D eigenvalue weighted by Gasteiger charge is -2.06. The zero-order valence-corrected chi connectivity index (χ0v) is 11.9. The third-order valence-electron chi connectivity index (χ3n) is 2.62. The molecule has 19 heavy (non-hydrogen) atoms. The fourth-order valence-electron chi connectivity index (χ4n) is 1.65. The number of rotatable bonds is 3. The van der Waals surface area contributed by atoms with Crippen molar-refractivity contribution < 1.29 is 13.6 Å². The van der Waals surface area contributed by atoms with E-state index in [0.29, 0.717) is 10.0 Å². The van der Waals surface area contributed by atoms with E-state index in [0.717, 1.165) is 0 Å². The van der Waals surface area contributed by atoms with Gasteiger partial charge in [0.1, 0.15) is 11.6 Å². The van der Waals surface area contributed by atoms with Crippen molar-refractivity contribution in [3.05, 3.63) is 68.7 Å². The van der Waals surface area contributed by atoms with Gasteiger partial charge in [-0.1, -0.05) is 39.7 Å². The van der Waals surface area contributed by atoms with Crippen LogP contribution in [0.3, 0.4) is 0 Å². The Morgan fingerprint density at radius 1 is 1.21 bits per heavy atom. The molecule has 1 nitrogen and oxygen atoms in total. The standard InChI is InChI=1S/C14H8BrClF2O/c15-11-7-9(17)5-4-8(11)6-13(19)10-2-1-3-12(18)14(10)16/h1-5,7H,6H2. The first-order valence-corrected chi connectivity index (χ1v) is 6.57. The molecule has 0 amide bonds. The maximum atomic E-state index is 13.3. The minimum absolute atomic E-state index is 0.0179. The number of carbonyl (C=O) groups is 1. The Morgan fingerprint density at radius 2 is 1.95 bits per heavy atom. The van der Waals surface area contributed by atoms with Crippen molar-refractivity contribution in [1.29, 1.82) is 0 Å². The van der Waals surface area contributed by atoms with Crippen molar-refractivity contribution in [2.75, 3.05) is 0 Å². The summed E-state index contributed by atoms with van der Waals surface area (Å²) in [5.41, 5.74) is 0.740. The van der Waals surface area contributed by atoms with Gasteiger partial charge in [0.15, 0.2) is 5.78 Å². The number of halogens is 4. The summed E-state index contributed by atoms with van der Waals surface area (Å²) < 4.78 is 26.7. The molecule has 0 aliphatic heterocycles. The number of carbonyl (C=O) groups excluding carboxylic acids is 1. The quantitative estimate of drug-likeness (QED) is 0.730. The van der Waals surface area contributed by atoms with E-state index in [1.165, 1.54) is 36.4 Å². The lowest BCUT2D eigenvalue weighted by atomic mass is 10.0. The Balaban J connectivity index is 2.28. The van der Waals surface area contributed by atoms with Crippen LogP contribution in [0.5, 0.6) is 0 Å². The highest BCUT2D eigenvalue weighted by Gasteiger charge is 2.15. The number of hydrogen-bond donors (Lipinski definition) is 0. The molecule has 0 N–H and O–H groups in total. The highest BCUT2D eigenvalue weighted by atomic mass is 79.9. The topological polar surface area (TPSA) is 17.1 Å². The lowest BCUT2D eigenvalue weighted by Crippen LogP contribution is -2.06. The molecule has 0 atom stereocenters. The first-order valence-electron chi connectivity index (χ1n) is 5.40. The molecule has 0 aliphatic rings. The molecule has 0 saturated carbocycles. The van der Waals surface area contributed by atoms with E-state index in [-0.39, 0.29) is 22.8 Å². The third kappa shape index (κ3) is 3.19. The molecule has 0 bridgehead atoms. The van der Waals surface area contributed by atoms with Crippen molar-refractivity contribution >= 4 is 33.3 Å². The second-order valence-corrected chi connectivity index (χ2v) is 5.17. The van der Waals surface area contributed by atoms with Crippen LogP contribution in [0.15, 0.2) is 40.9 Å². The van der Waals surface area contributed by atoms with E-state index in [9.17, 15) is 13.6 Å². The fourth-order valence-corrected chi connectivity index (χ4v) is 2.37. The molecular formula is C14H8BrClF2O. The number of Topliss-reactive ketones (excluding diaryl/α,β-unsaturated/α-hetero) is 1. The zero-order valence-electron chi connectivity index (χ0n) is 9.59. The van der Waals surface area contributed by atoms with E-state index >= 15 is 0 Å². The summed E-state index contributed by atoms with van der Waals surface area (Å²) in [6, 6.07) is 8.12. The number of hydrogen-bond acceptors (Lipinski definition) is 1. The summed E-state index contributed by atoms with van der Waals surface area (Å²) >= 11 is 8.93. The van der Waals surface area contributed by atoms with E-state index < -0.39 is 11.6 Å². The van der Waals surface area contributed by atoms with Crippen molar-refractivity contribution in [2.45, 2.75) is 6.42 Å². The molecule has 5 heteroatoms. The monoisotopic (exact) mass is 344 g/mol. The molecule has 0 aromatic heterocycles. The molecule has 0 unspecified atom stereocenters. The van der Waals surface area contributed by atoms with Crippen LogP contribution in [-0.4, -0.2) is 5.78 Å². The van der Waals surface area contributed by atoms with Gasteiger partial charge in [0, 0.05) is 16.5 Å². The van der Waals surface area contributed by atoms with Gasteiger partial charge >= 0.3 is 0 Å². The molecule has 98 valence electrons. The van der Waals surface area contributed by atoms with Crippen LogP contribution >= 0.6 is 27.5 Å². The first kappa shape index (κ1) is 14.2. The van der Waals surface area contributed by atoms with Gasteiger partial charge in [0.25, 0.3) is 0 Å². The van der Waals surface area contributed by atoms with Crippen molar-refractivity contribution in [1.82, 2.24) is 0 Å². The molecule has 2 rings (SSSR count). The molecular weight excluding hydrogens is 338 g/mol. The summed E-state index contributed by atoms with van der Waals surface area (Å²) in [6.07, 6.45) is 0.0179. The smallest absolute Gasteiger partial charge is 0.168 e. The van der Waals surface area contributed by atoms with Crippen LogP contribution in [0.25, 0.3) is 0 Å². The molecule has 2 aromatic rings. The van der Waals surface area contributed by atoms with Crippen molar-refractivity contribution in [2.24, 2.45) is 0 Å². The zero-order chi connectivity index (χ0) is 14.0. The molecule has 0 spiro atoms. The molecule has 2 aromatic carbocycles. The normalized spacial score (nSPS) is 10.5. The average molecular weight is 346 g/mol. The van der Waals surface area contributed by atoms with Gasteiger partial charge in [-0.05, 0) is 29.8 Å². The van der Waals surface area contributed by atoms with Gasteiger partial charge in [0.2, 0.25) is 0 Å². The minimum atomic E-state index is -0.634. The van der Waals surface area contributed by atoms with Gasteiger partial charge < -0.3 is 0 Å². The number of ketones is 1. The molecule has 0 radical (unpaired) electrons. The van der Waals surface area contributed by atoms with E-state index in [2.05, 4.69) is 15.9 Å². The van der Waals surface area contributed by atoms with Crippen molar-refractivity contribution in [3.8, 4) is 0 Å². The summed E-state index contributed by atoms with van der Waals surface area (Å²) in [5.74, 6) is -1.35. The average Bonchev–Trinajstić information content (AvgIpc) is 2.36. The summed E-state index contributed by atoms with van der Waals surface area (Å²) in [6.45, 7) is 0. The second kappa shape index (κ2) is 5.80. The van der Waals surface area contributed by atoms with Gasteiger partial charge in [0.05, 0.1) is 5.02 Å². The van der Waals surface area contributed by atoms with Gasteiger partial charge in [-0.3, -0.25) is 4.79 Å². The Morgan fingerprint density at radius 3 is 2.63 bits per heavy atom. The van der Waals surface area contributed by atoms with Crippen LogP contribution < -0.4 is 0 Å². The maximum absolute atomic E-state index is 13.3. The molecule has 0 fully saturated rings. The number of benzene rings is 2. The van der Waals surface area contributed by atoms with Crippen LogP contribution in [0, 0.1) is 11.6 Å². The highest BCUT2D eigenvalue weighted by Crippen LogP contribution is 2.24. The SMILES string of the molecule is O=C(Cc1ccc(F)cc1Br)c1cccc(F)c1Cl. The minimum Gasteiger partial charge on any atom is -0.294 e. The maximum Gasteiger partial charge on any atom is 0.168 e. The van der Waals surface area contributed by atoms with Crippen LogP contribution in [0.2, 0.25) is 5.02 Å². The molecule has 0 aliphatic carbocycles. The van der Waals surface area contributed by atoms with Gasteiger partial charge in [-0.15, -0.1) is 0 Å². The van der Waals surface area contributed by atoms with Gasteiger partial charge in [-0.25, -0.2) is 8.78 Å². The molecule has 0 saturated heterocycles. The summed E-state index contributed by atoms with van der Waals surface area (Å²) in [5, 5.41) is -0.189.